The molecule has 1 heterocycles. The number of benzene rings is 1. The van der Waals surface area contributed by atoms with E-state index in [0.29, 0.717) is 24.7 Å². The van der Waals surface area contributed by atoms with Crippen LogP contribution in [-0.4, -0.2) is 18.6 Å². The summed E-state index contributed by atoms with van der Waals surface area (Å²) in [6, 6.07) is 11.6. The molecule has 1 saturated carbocycles. The Morgan fingerprint density at radius 3 is 2.85 bits per heavy atom. The maximum Gasteiger partial charge on any atom is 0.262 e. The molecule has 134 valence electrons. The Balaban J connectivity index is 1.76. The highest BCUT2D eigenvalue weighted by Crippen LogP contribution is 2.30. The van der Waals surface area contributed by atoms with Crippen molar-refractivity contribution in [2.45, 2.75) is 32.4 Å². The zero-order valence-electron chi connectivity index (χ0n) is 14.5. The van der Waals surface area contributed by atoms with Crippen molar-refractivity contribution in [1.82, 2.24) is 5.32 Å². The molecule has 1 aromatic carbocycles. The van der Waals surface area contributed by atoms with Gasteiger partial charge in [-0.15, -0.1) is 11.3 Å². The summed E-state index contributed by atoms with van der Waals surface area (Å²) in [6.45, 7) is 2.87. The largest absolute Gasteiger partial charge is 0.490 e. The van der Waals surface area contributed by atoms with Gasteiger partial charge in [0.05, 0.1) is 6.61 Å². The first-order valence-corrected chi connectivity index (χ1v) is 9.42. The molecule has 6 heteroatoms. The molecular formula is C20H20N2O3S. The van der Waals surface area contributed by atoms with Crippen LogP contribution < -0.4 is 14.8 Å². The summed E-state index contributed by atoms with van der Waals surface area (Å²) >= 11 is 1.63. The van der Waals surface area contributed by atoms with Crippen LogP contribution in [0.5, 0.6) is 11.5 Å². The number of rotatable bonds is 8. The van der Waals surface area contributed by atoms with E-state index in [4.69, 9.17) is 9.47 Å². The van der Waals surface area contributed by atoms with E-state index in [1.165, 1.54) is 0 Å². The minimum Gasteiger partial charge on any atom is -0.490 e. The Hall–Kier alpha value is -2.78. The van der Waals surface area contributed by atoms with Gasteiger partial charge in [-0.05, 0) is 55.0 Å². The normalized spacial score (nSPS) is 13.8. The molecule has 1 fully saturated rings. The lowest BCUT2D eigenvalue weighted by molar-refractivity contribution is -0.117. The van der Waals surface area contributed by atoms with Crippen molar-refractivity contribution in [2.24, 2.45) is 0 Å². The van der Waals surface area contributed by atoms with Gasteiger partial charge in [-0.2, -0.15) is 5.26 Å². The van der Waals surface area contributed by atoms with Crippen molar-refractivity contribution in [1.29, 1.82) is 5.26 Å². The lowest BCUT2D eigenvalue weighted by atomic mass is 10.1. The summed E-state index contributed by atoms with van der Waals surface area (Å²) < 4.78 is 11.5. The number of carbonyl (C=O) groups is 1. The van der Waals surface area contributed by atoms with Crippen LogP contribution in [0.15, 0.2) is 41.3 Å². The van der Waals surface area contributed by atoms with Crippen LogP contribution in [0, 0.1) is 11.3 Å². The van der Waals surface area contributed by atoms with Crippen LogP contribution in [0.25, 0.3) is 6.08 Å². The number of hydrogen-bond donors (Lipinski definition) is 1. The molecule has 5 nitrogen and oxygen atoms in total. The number of carbonyl (C=O) groups excluding carboxylic acids is 1. The van der Waals surface area contributed by atoms with Crippen molar-refractivity contribution < 1.29 is 14.3 Å². The van der Waals surface area contributed by atoms with Gasteiger partial charge >= 0.3 is 0 Å². The third-order valence-corrected chi connectivity index (χ3v) is 4.66. The molecule has 1 amide bonds. The Labute approximate surface area is 156 Å². The number of ether oxygens (including phenoxy) is 2. The molecule has 0 radical (unpaired) electrons. The summed E-state index contributed by atoms with van der Waals surface area (Å²) in [5.41, 5.74) is 0.811. The first-order valence-electron chi connectivity index (χ1n) is 8.54. The molecule has 0 unspecified atom stereocenters. The number of thiophene rings is 1. The highest BCUT2D eigenvalue weighted by Gasteiger charge is 2.24. The number of amides is 1. The lowest BCUT2D eigenvalue weighted by Crippen LogP contribution is -2.26. The van der Waals surface area contributed by atoms with Crippen LogP contribution in [0.2, 0.25) is 0 Å². The molecule has 2 aromatic rings. The fraction of sp³-hybridized carbons (Fsp3) is 0.300. The van der Waals surface area contributed by atoms with E-state index in [9.17, 15) is 10.1 Å². The summed E-state index contributed by atoms with van der Waals surface area (Å²) in [5, 5.41) is 14.1. The Bertz CT molecular complexity index is 833. The van der Waals surface area contributed by atoms with Crippen LogP contribution in [0.1, 0.15) is 30.2 Å². The second-order valence-electron chi connectivity index (χ2n) is 5.92. The van der Waals surface area contributed by atoms with E-state index in [-0.39, 0.29) is 17.5 Å². The van der Waals surface area contributed by atoms with Crippen LogP contribution >= 0.6 is 11.3 Å². The standard InChI is InChI=1S/C20H20N2O3S/c1-2-24-19-11-14(10-15(12-21)20(23)22-16-6-7-16)5-8-18(19)25-13-17-4-3-9-26-17/h3-5,8-11,16H,2,6-7,13H2,1H3,(H,22,23)/b15-10+. The van der Waals surface area contributed by atoms with Gasteiger partial charge in [0.2, 0.25) is 0 Å². The van der Waals surface area contributed by atoms with Crippen molar-refractivity contribution in [3.8, 4) is 17.6 Å². The highest BCUT2D eigenvalue weighted by molar-refractivity contribution is 7.09. The SMILES string of the molecule is CCOc1cc(/C=C(\C#N)C(=O)NC2CC2)ccc1OCc1cccs1. The second kappa shape index (κ2) is 8.54. The zero-order valence-corrected chi connectivity index (χ0v) is 15.3. The molecule has 1 aliphatic carbocycles. The molecular weight excluding hydrogens is 348 g/mol. The van der Waals surface area contributed by atoms with E-state index < -0.39 is 0 Å². The molecule has 0 bridgehead atoms. The van der Waals surface area contributed by atoms with Crippen molar-refractivity contribution >= 4 is 23.3 Å². The fourth-order valence-corrected chi connectivity index (χ4v) is 2.97. The first-order chi connectivity index (χ1) is 12.7. The van der Waals surface area contributed by atoms with E-state index >= 15 is 0 Å². The van der Waals surface area contributed by atoms with Gasteiger partial charge in [-0.25, -0.2) is 0 Å². The summed E-state index contributed by atoms with van der Waals surface area (Å²) in [7, 11) is 0. The van der Waals surface area contributed by atoms with Crippen LogP contribution in [0.4, 0.5) is 0 Å². The minimum atomic E-state index is -0.328. The maximum atomic E-state index is 12.1. The van der Waals surface area contributed by atoms with Crippen molar-refractivity contribution in [2.75, 3.05) is 6.61 Å². The molecule has 1 N–H and O–H groups in total. The van der Waals surface area contributed by atoms with Crippen LogP contribution in [0.3, 0.4) is 0 Å². The monoisotopic (exact) mass is 368 g/mol. The molecule has 0 saturated heterocycles. The van der Waals surface area contributed by atoms with E-state index in [2.05, 4.69) is 5.32 Å². The molecule has 26 heavy (non-hydrogen) atoms. The predicted octanol–water partition coefficient (Wildman–Crippen LogP) is 3.91. The average molecular weight is 368 g/mol. The first kappa shape index (κ1) is 18.0. The summed E-state index contributed by atoms with van der Waals surface area (Å²) in [6.07, 6.45) is 3.54. The smallest absolute Gasteiger partial charge is 0.262 e. The quantitative estimate of drug-likeness (QED) is 0.566. The molecule has 0 aliphatic heterocycles. The number of nitriles is 1. The summed E-state index contributed by atoms with van der Waals surface area (Å²) in [5.74, 6) is 0.905. The molecule has 1 aromatic heterocycles. The summed E-state index contributed by atoms with van der Waals surface area (Å²) in [4.78, 5) is 13.2. The predicted molar refractivity (Wildman–Crippen MR) is 101 cm³/mol. The van der Waals surface area contributed by atoms with Gasteiger partial charge in [-0.3, -0.25) is 4.79 Å². The van der Waals surface area contributed by atoms with E-state index in [0.717, 1.165) is 23.3 Å². The average Bonchev–Trinajstić information content (AvgIpc) is 3.30. The highest BCUT2D eigenvalue weighted by atomic mass is 32.1. The Morgan fingerprint density at radius 2 is 2.19 bits per heavy atom. The fourth-order valence-electron chi connectivity index (χ4n) is 2.35. The van der Waals surface area contributed by atoms with Gasteiger partial charge in [0.15, 0.2) is 11.5 Å². The van der Waals surface area contributed by atoms with Crippen LogP contribution in [-0.2, 0) is 11.4 Å². The second-order valence-corrected chi connectivity index (χ2v) is 6.96. The van der Waals surface area contributed by atoms with E-state index in [1.807, 2.05) is 36.6 Å². The van der Waals surface area contributed by atoms with Gasteiger partial charge in [0.1, 0.15) is 18.2 Å². The topological polar surface area (TPSA) is 71.3 Å². The van der Waals surface area contributed by atoms with Crippen molar-refractivity contribution in [3.05, 3.63) is 51.7 Å². The lowest BCUT2D eigenvalue weighted by Gasteiger charge is -2.12. The number of hydrogen-bond acceptors (Lipinski definition) is 5. The van der Waals surface area contributed by atoms with Crippen molar-refractivity contribution in [3.63, 3.8) is 0 Å². The van der Waals surface area contributed by atoms with Gasteiger partial charge in [0, 0.05) is 10.9 Å². The molecule has 1 aliphatic rings. The van der Waals surface area contributed by atoms with Gasteiger partial charge in [-0.1, -0.05) is 12.1 Å². The van der Waals surface area contributed by atoms with Gasteiger partial charge < -0.3 is 14.8 Å². The maximum absolute atomic E-state index is 12.1. The van der Waals surface area contributed by atoms with Gasteiger partial charge in [0.25, 0.3) is 5.91 Å². The molecule has 3 rings (SSSR count). The van der Waals surface area contributed by atoms with E-state index in [1.54, 1.807) is 29.5 Å². The Morgan fingerprint density at radius 1 is 1.35 bits per heavy atom. The minimum absolute atomic E-state index is 0.0894. The zero-order chi connectivity index (χ0) is 18.4. The number of nitrogens with one attached hydrogen (secondary N) is 1. The third kappa shape index (κ3) is 4.87. The molecule has 0 spiro atoms. The molecule has 0 atom stereocenters. The third-order valence-electron chi connectivity index (χ3n) is 3.81. The number of nitrogens with zero attached hydrogens (tertiary/aromatic N) is 1. The Kier molecular flexibility index (Phi) is 5.92.